The van der Waals surface area contributed by atoms with Crippen LogP contribution in [0.1, 0.15) is 44.2 Å². The minimum absolute atomic E-state index is 0.0138. The number of rotatable bonds is 3. The Balaban J connectivity index is 1.94. The predicted molar refractivity (Wildman–Crippen MR) is 116 cm³/mol. The summed E-state index contributed by atoms with van der Waals surface area (Å²) in [7, 11) is 2.05. The smallest absolute Gasteiger partial charge is 0.266 e. The zero-order valence-electron chi connectivity index (χ0n) is 16.9. The van der Waals surface area contributed by atoms with Gasteiger partial charge in [-0.25, -0.2) is 4.39 Å². The van der Waals surface area contributed by atoms with E-state index in [1.54, 1.807) is 0 Å². The van der Waals surface area contributed by atoms with E-state index in [0.29, 0.717) is 22.2 Å². The Kier molecular flexibility index (Phi) is 5.68. The normalized spacial score (nSPS) is 18.0. The fourth-order valence-corrected chi connectivity index (χ4v) is 3.96. The van der Waals surface area contributed by atoms with Crippen LogP contribution in [0.4, 0.5) is 15.8 Å². The monoisotopic (exact) mass is 411 g/mol. The third kappa shape index (κ3) is 4.28. The molecule has 2 aromatic rings. The topological polar surface area (TPSA) is 56.1 Å². The first-order valence-corrected chi connectivity index (χ1v) is 9.76. The summed E-state index contributed by atoms with van der Waals surface area (Å²) in [5.41, 5.74) is 3.17. The highest BCUT2D eigenvalue weighted by atomic mass is 35.5. The summed E-state index contributed by atoms with van der Waals surface area (Å²) in [4.78, 5) is 14.7. The first kappa shape index (κ1) is 20.9. The van der Waals surface area contributed by atoms with Gasteiger partial charge in [-0.3, -0.25) is 4.79 Å². The van der Waals surface area contributed by atoms with Crippen molar-refractivity contribution in [3.05, 3.63) is 63.9 Å². The average molecular weight is 412 g/mol. The van der Waals surface area contributed by atoms with Crippen molar-refractivity contribution in [3.8, 4) is 6.07 Å². The van der Waals surface area contributed by atoms with E-state index in [0.717, 1.165) is 17.7 Å². The number of hydrogen-bond acceptors (Lipinski definition) is 3. The lowest BCUT2D eigenvalue weighted by molar-refractivity contribution is -0.112. The molecule has 0 bridgehead atoms. The second-order valence-corrected chi connectivity index (χ2v) is 8.45. The highest BCUT2D eigenvalue weighted by Gasteiger charge is 2.34. The Morgan fingerprint density at radius 1 is 1.34 bits per heavy atom. The van der Waals surface area contributed by atoms with Crippen molar-refractivity contribution in [1.29, 1.82) is 5.26 Å². The number of fused-ring (bicyclic) bond motifs is 1. The van der Waals surface area contributed by atoms with Gasteiger partial charge in [-0.05, 0) is 79.8 Å². The van der Waals surface area contributed by atoms with E-state index in [1.165, 1.54) is 30.3 Å². The number of hydrogen-bond donors (Lipinski definition) is 1. The van der Waals surface area contributed by atoms with Crippen LogP contribution in [0.3, 0.4) is 0 Å². The molecule has 1 amide bonds. The number of benzene rings is 2. The van der Waals surface area contributed by atoms with Gasteiger partial charge >= 0.3 is 0 Å². The van der Waals surface area contributed by atoms with Crippen LogP contribution in [0.25, 0.3) is 6.08 Å². The first-order chi connectivity index (χ1) is 13.6. The van der Waals surface area contributed by atoms with Gasteiger partial charge in [-0.15, -0.1) is 0 Å². The molecule has 0 fully saturated rings. The molecule has 4 nitrogen and oxygen atoms in total. The van der Waals surface area contributed by atoms with Crippen molar-refractivity contribution in [2.24, 2.45) is 0 Å². The van der Waals surface area contributed by atoms with Crippen LogP contribution in [0.15, 0.2) is 42.0 Å². The van der Waals surface area contributed by atoms with Crippen LogP contribution in [0.5, 0.6) is 0 Å². The van der Waals surface area contributed by atoms with Crippen molar-refractivity contribution in [2.75, 3.05) is 17.3 Å². The molecule has 1 aliphatic rings. The number of nitriles is 1. The Labute approximate surface area is 175 Å². The Bertz CT molecular complexity index is 1020. The van der Waals surface area contributed by atoms with Crippen molar-refractivity contribution >= 4 is 35.0 Å². The zero-order valence-corrected chi connectivity index (χ0v) is 17.6. The molecule has 3 rings (SSSR count). The number of amides is 1. The van der Waals surface area contributed by atoms with E-state index in [9.17, 15) is 14.4 Å². The highest BCUT2D eigenvalue weighted by molar-refractivity contribution is 6.32. The van der Waals surface area contributed by atoms with Gasteiger partial charge in [0.25, 0.3) is 5.91 Å². The van der Waals surface area contributed by atoms with Gasteiger partial charge in [-0.2, -0.15) is 5.26 Å². The van der Waals surface area contributed by atoms with Crippen LogP contribution in [-0.2, 0) is 4.79 Å². The molecule has 0 radical (unpaired) electrons. The fraction of sp³-hybridized carbons (Fsp3) is 0.304. The number of nitrogens with one attached hydrogen (secondary N) is 1. The maximum Gasteiger partial charge on any atom is 0.266 e. The quantitative estimate of drug-likeness (QED) is 0.517. The minimum atomic E-state index is -0.570. The van der Waals surface area contributed by atoms with E-state index in [4.69, 9.17) is 11.6 Å². The van der Waals surface area contributed by atoms with Gasteiger partial charge in [0, 0.05) is 29.0 Å². The molecule has 0 spiro atoms. The second kappa shape index (κ2) is 7.88. The van der Waals surface area contributed by atoms with E-state index in [2.05, 4.69) is 31.0 Å². The summed E-state index contributed by atoms with van der Waals surface area (Å²) in [6.45, 7) is 6.56. The molecule has 6 heteroatoms. The van der Waals surface area contributed by atoms with Crippen LogP contribution < -0.4 is 10.2 Å². The third-order valence-corrected chi connectivity index (χ3v) is 5.85. The largest absolute Gasteiger partial charge is 0.369 e. The first-order valence-electron chi connectivity index (χ1n) is 9.38. The molecule has 1 N–H and O–H groups in total. The molecule has 150 valence electrons. The predicted octanol–water partition coefficient (Wildman–Crippen LogP) is 5.75. The van der Waals surface area contributed by atoms with Crippen LogP contribution >= 0.6 is 11.6 Å². The Morgan fingerprint density at radius 2 is 2.00 bits per heavy atom. The lowest BCUT2D eigenvalue weighted by Crippen LogP contribution is -2.45. The molecule has 0 aromatic heterocycles. The minimum Gasteiger partial charge on any atom is -0.369 e. The lowest BCUT2D eigenvalue weighted by Gasteiger charge is -2.45. The summed E-state index contributed by atoms with van der Waals surface area (Å²) in [5, 5.41) is 12.6. The van der Waals surface area contributed by atoms with Gasteiger partial charge < -0.3 is 10.2 Å². The van der Waals surface area contributed by atoms with Gasteiger partial charge in [0.05, 0.1) is 0 Å². The maximum absolute atomic E-state index is 13.0. The lowest BCUT2D eigenvalue weighted by atomic mass is 9.80. The summed E-state index contributed by atoms with van der Waals surface area (Å²) < 4.78 is 13.0. The van der Waals surface area contributed by atoms with Gasteiger partial charge in [-0.1, -0.05) is 18.5 Å². The summed E-state index contributed by atoms with van der Waals surface area (Å²) >= 11 is 6.50. The molecule has 1 atom stereocenters. The summed E-state index contributed by atoms with van der Waals surface area (Å²) in [6.07, 6.45) is 2.48. The van der Waals surface area contributed by atoms with Gasteiger partial charge in [0.2, 0.25) is 0 Å². The maximum atomic E-state index is 13.0. The standard InChI is InChI=1S/C23H23ClFN3O/c1-14-12-23(2,3)28(4)21-11-20(24)15(10-19(14)21)9-16(13-26)22(29)27-18-7-5-17(25)6-8-18/h5-11,14H,12H2,1-4H3,(H,27,29)/b16-9-/t14-/m1/s1. The summed E-state index contributed by atoms with van der Waals surface area (Å²) in [5.74, 6) is -0.652. The van der Waals surface area contributed by atoms with E-state index < -0.39 is 11.7 Å². The molecule has 2 aromatic carbocycles. The highest BCUT2D eigenvalue weighted by Crippen LogP contribution is 2.44. The molecule has 1 heterocycles. The molecule has 0 saturated heterocycles. The Hall–Kier alpha value is -2.84. The van der Waals surface area contributed by atoms with Crippen LogP contribution in [-0.4, -0.2) is 18.5 Å². The van der Waals surface area contributed by atoms with Crippen LogP contribution in [0, 0.1) is 17.1 Å². The zero-order chi connectivity index (χ0) is 21.3. The number of carbonyl (C=O) groups is 1. The third-order valence-electron chi connectivity index (χ3n) is 5.52. The molecular formula is C23H23ClFN3O. The average Bonchev–Trinajstić information content (AvgIpc) is 2.66. The number of carbonyl (C=O) groups excluding carboxylic acids is 1. The van der Waals surface area contributed by atoms with Crippen molar-refractivity contribution in [3.63, 3.8) is 0 Å². The number of halogens is 2. The molecule has 1 aliphatic heterocycles. The van der Waals surface area contributed by atoms with Gasteiger partial charge in [0.15, 0.2) is 0 Å². The molecular weight excluding hydrogens is 389 g/mol. The van der Waals surface area contributed by atoms with E-state index >= 15 is 0 Å². The summed E-state index contributed by atoms with van der Waals surface area (Å²) in [6, 6.07) is 11.1. The molecule has 29 heavy (non-hydrogen) atoms. The second-order valence-electron chi connectivity index (χ2n) is 8.04. The molecule has 0 saturated carbocycles. The van der Waals surface area contributed by atoms with Crippen molar-refractivity contribution < 1.29 is 9.18 Å². The fourth-order valence-electron chi connectivity index (χ4n) is 3.75. The van der Waals surface area contributed by atoms with Gasteiger partial charge in [0.1, 0.15) is 17.5 Å². The number of nitrogens with zero attached hydrogens (tertiary/aromatic N) is 2. The number of anilines is 2. The SMILES string of the molecule is C[C@@H]1CC(C)(C)N(C)c2cc(Cl)c(/C=C(/C#N)C(=O)Nc3ccc(F)cc3)cc21. The molecule has 0 unspecified atom stereocenters. The molecule has 0 aliphatic carbocycles. The van der Waals surface area contributed by atoms with E-state index in [1.807, 2.05) is 25.2 Å². The van der Waals surface area contributed by atoms with E-state index in [-0.39, 0.29) is 11.1 Å². The van der Waals surface area contributed by atoms with Crippen molar-refractivity contribution in [2.45, 2.75) is 38.6 Å². The van der Waals surface area contributed by atoms with Crippen LogP contribution in [0.2, 0.25) is 5.02 Å². The Morgan fingerprint density at radius 3 is 2.62 bits per heavy atom. The van der Waals surface area contributed by atoms with Crippen molar-refractivity contribution in [1.82, 2.24) is 0 Å².